The summed E-state index contributed by atoms with van der Waals surface area (Å²) >= 11 is 0. The number of aromatic nitrogens is 2. The van der Waals surface area contributed by atoms with Crippen LogP contribution in [-0.4, -0.2) is 17.1 Å². The molecule has 0 atom stereocenters. The fourth-order valence-corrected chi connectivity index (χ4v) is 0.951. The monoisotopic (exact) mass is 169 g/mol. The van der Waals surface area contributed by atoms with Crippen molar-refractivity contribution in [2.24, 2.45) is 7.05 Å². The predicted octanol–water partition coefficient (Wildman–Crippen LogP) is -0.124. The number of nitrogens with zero attached hydrogens (tertiary/aromatic N) is 2. The van der Waals surface area contributed by atoms with E-state index in [1.165, 1.54) is 0 Å². The lowest BCUT2D eigenvalue weighted by Gasteiger charge is -1.97. The van der Waals surface area contributed by atoms with Crippen LogP contribution in [0.5, 0.6) is 0 Å². The number of carbonyl (C=O) groups excluding carboxylic acids is 1. The zero-order valence-corrected chi connectivity index (χ0v) is 7.36. The maximum atomic E-state index is 11.0. The summed E-state index contributed by atoms with van der Waals surface area (Å²) in [6.45, 7) is 2.52. The highest BCUT2D eigenvalue weighted by molar-refractivity contribution is 5.69. The Morgan fingerprint density at radius 3 is 2.92 bits per heavy atom. The number of esters is 1. The average Bonchev–Trinajstić information content (AvgIpc) is 2.36. The number of ether oxygens (including phenoxy) is 1. The van der Waals surface area contributed by atoms with E-state index in [-0.39, 0.29) is 12.5 Å². The third-order valence-corrected chi connectivity index (χ3v) is 1.44. The molecule has 4 heteroatoms. The van der Waals surface area contributed by atoms with Crippen molar-refractivity contribution in [3.8, 4) is 0 Å². The minimum Gasteiger partial charge on any atom is -0.463 e. The van der Waals surface area contributed by atoms with E-state index in [1.807, 2.05) is 30.3 Å². The Hall–Kier alpha value is -1.32. The Labute approximate surface area is 71.4 Å². The molecule has 0 N–H and O–H groups in total. The van der Waals surface area contributed by atoms with Gasteiger partial charge in [-0.05, 0) is 6.92 Å². The second-order valence-corrected chi connectivity index (χ2v) is 2.56. The van der Waals surface area contributed by atoms with E-state index in [9.17, 15) is 4.79 Å². The van der Waals surface area contributed by atoms with Crippen LogP contribution in [0.2, 0.25) is 0 Å². The van der Waals surface area contributed by atoms with Gasteiger partial charge in [-0.15, -0.1) is 0 Å². The Morgan fingerprint density at radius 2 is 2.42 bits per heavy atom. The van der Waals surface area contributed by atoms with Gasteiger partial charge in [0, 0.05) is 0 Å². The summed E-state index contributed by atoms with van der Waals surface area (Å²) < 4.78 is 8.44. The van der Waals surface area contributed by atoms with Crippen molar-refractivity contribution in [1.29, 1.82) is 0 Å². The highest BCUT2D eigenvalue weighted by Crippen LogP contribution is 1.86. The van der Waals surface area contributed by atoms with Crippen LogP contribution in [-0.2, 0) is 23.1 Å². The van der Waals surface area contributed by atoms with Gasteiger partial charge in [0.25, 0.3) is 0 Å². The van der Waals surface area contributed by atoms with Crippen molar-refractivity contribution in [3.05, 3.63) is 18.7 Å². The van der Waals surface area contributed by atoms with Crippen LogP contribution < -0.4 is 4.57 Å². The van der Waals surface area contributed by atoms with Crippen molar-refractivity contribution >= 4 is 5.97 Å². The second kappa shape index (κ2) is 3.90. The number of aryl methyl sites for hydroxylation is 1. The summed E-state index contributed by atoms with van der Waals surface area (Å²) in [7, 11) is 1.90. The first-order chi connectivity index (χ1) is 5.72. The van der Waals surface area contributed by atoms with Crippen LogP contribution in [0.1, 0.15) is 6.92 Å². The normalized spacial score (nSPS) is 9.83. The van der Waals surface area contributed by atoms with E-state index in [2.05, 4.69) is 0 Å². The first kappa shape index (κ1) is 8.77. The van der Waals surface area contributed by atoms with Crippen LogP contribution in [0.3, 0.4) is 0 Å². The Balaban J connectivity index is 2.46. The molecule has 1 aromatic heterocycles. The SMILES string of the molecule is CCOC(=O)Cn1cc[n+](C)c1. The molecule has 0 aliphatic carbocycles. The molecule has 0 aliphatic rings. The number of imidazole rings is 1. The quantitative estimate of drug-likeness (QED) is 0.467. The van der Waals surface area contributed by atoms with Gasteiger partial charge in [0.15, 0.2) is 6.54 Å². The van der Waals surface area contributed by atoms with Crippen LogP contribution in [0.25, 0.3) is 0 Å². The largest absolute Gasteiger partial charge is 0.463 e. The summed E-state index contributed by atoms with van der Waals surface area (Å²) in [6.07, 6.45) is 5.53. The van der Waals surface area contributed by atoms with Crippen molar-refractivity contribution < 1.29 is 14.1 Å². The molecule has 0 saturated heterocycles. The Bertz CT molecular complexity index is 268. The molecular formula is C8H13N2O2+. The molecule has 1 rings (SSSR count). The van der Waals surface area contributed by atoms with Gasteiger partial charge in [0.1, 0.15) is 12.4 Å². The molecule has 0 aromatic carbocycles. The fraction of sp³-hybridized carbons (Fsp3) is 0.500. The molecule has 0 fully saturated rings. The van der Waals surface area contributed by atoms with E-state index in [4.69, 9.17) is 4.74 Å². The molecule has 66 valence electrons. The summed E-state index contributed by atoms with van der Waals surface area (Å²) in [4.78, 5) is 11.0. The molecule has 1 heterocycles. The summed E-state index contributed by atoms with van der Waals surface area (Å²) in [5.74, 6) is -0.200. The smallest absolute Gasteiger partial charge is 0.348 e. The molecule has 0 bridgehead atoms. The van der Waals surface area contributed by atoms with Crippen LogP contribution in [0, 0.1) is 0 Å². The first-order valence-electron chi connectivity index (χ1n) is 3.89. The van der Waals surface area contributed by atoms with Crippen LogP contribution >= 0.6 is 0 Å². The third-order valence-electron chi connectivity index (χ3n) is 1.44. The third kappa shape index (κ3) is 2.38. The van der Waals surface area contributed by atoms with Crippen LogP contribution in [0.4, 0.5) is 0 Å². The van der Waals surface area contributed by atoms with Crippen LogP contribution in [0.15, 0.2) is 18.7 Å². The minimum absolute atomic E-state index is 0.200. The van der Waals surface area contributed by atoms with Crippen molar-refractivity contribution in [2.75, 3.05) is 6.61 Å². The maximum Gasteiger partial charge on any atom is 0.348 e. The van der Waals surface area contributed by atoms with Crippen molar-refractivity contribution in [3.63, 3.8) is 0 Å². The lowest BCUT2D eigenvalue weighted by Crippen LogP contribution is -2.24. The standard InChI is InChI=1S/C8H13N2O2/c1-3-12-8(11)6-10-5-4-9(2)7-10/h4-5,7H,3,6H2,1-2H3/q+1. The zero-order valence-electron chi connectivity index (χ0n) is 7.36. The van der Waals surface area contributed by atoms with Crippen molar-refractivity contribution in [2.45, 2.75) is 13.5 Å². The van der Waals surface area contributed by atoms with E-state index < -0.39 is 0 Å². The van der Waals surface area contributed by atoms with Crippen molar-refractivity contribution in [1.82, 2.24) is 4.57 Å². The highest BCUT2D eigenvalue weighted by Gasteiger charge is 2.07. The molecule has 1 aromatic rings. The van der Waals surface area contributed by atoms with Gasteiger partial charge in [-0.25, -0.2) is 13.9 Å². The molecule has 0 radical (unpaired) electrons. The number of carbonyl (C=O) groups is 1. The molecular weight excluding hydrogens is 156 g/mol. The van der Waals surface area contributed by atoms with E-state index in [0.29, 0.717) is 6.61 Å². The Kier molecular flexibility index (Phi) is 2.85. The summed E-state index contributed by atoms with van der Waals surface area (Å²) in [6, 6.07) is 0. The number of rotatable bonds is 3. The number of hydrogen-bond acceptors (Lipinski definition) is 2. The van der Waals surface area contributed by atoms with E-state index in [0.717, 1.165) is 0 Å². The molecule has 0 saturated carbocycles. The predicted molar refractivity (Wildman–Crippen MR) is 42.2 cm³/mol. The van der Waals surface area contributed by atoms with Gasteiger partial charge >= 0.3 is 5.97 Å². The van der Waals surface area contributed by atoms with Gasteiger partial charge in [0.2, 0.25) is 6.33 Å². The zero-order chi connectivity index (χ0) is 8.97. The topological polar surface area (TPSA) is 35.1 Å². The van der Waals surface area contributed by atoms with E-state index in [1.54, 1.807) is 11.5 Å². The lowest BCUT2D eigenvalue weighted by molar-refractivity contribution is -0.671. The van der Waals surface area contributed by atoms with Gasteiger partial charge in [-0.1, -0.05) is 0 Å². The van der Waals surface area contributed by atoms with Gasteiger partial charge in [-0.3, -0.25) is 0 Å². The Morgan fingerprint density at radius 1 is 1.67 bits per heavy atom. The number of hydrogen-bond donors (Lipinski definition) is 0. The lowest BCUT2D eigenvalue weighted by atomic mass is 10.6. The molecule has 0 unspecified atom stereocenters. The van der Waals surface area contributed by atoms with Gasteiger partial charge in [-0.2, -0.15) is 0 Å². The summed E-state index contributed by atoms with van der Waals surface area (Å²) in [5.41, 5.74) is 0. The first-order valence-corrected chi connectivity index (χ1v) is 3.89. The minimum atomic E-state index is -0.200. The summed E-state index contributed by atoms with van der Waals surface area (Å²) in [5, 5.41) is 0. The molecule has 0 aliphatic heterocycles. The molecule has 4 nitrogen and oxygen atoms in total. The maximum absolute atomic E-state index is 11.0. The van der Waals surface area contributed by atoms with Gasteiger partial charge < -0.3 is 4.74 Å². The molecule has 0 amide bonds. The van der Waals surface area contributed by atoms with E-state index >= 15 is 0 Å². The van der Waals surface area contributed by atoms with Gasteiger partial charge in [0.05, 0.1) is 13.7 Å². The molecule has 12 heavy (non-hydrogen) atoms. The fourth-order valence-electron chi connectivity index (χ4n) is 0.951. The highest BCUT2D eigenvalue weighted by atomic mass is 16.5. The second-order valence-electron chi connectivity index (χ2n) is 2.56. The average molecular weight is 169 g/mol. The molecule has 0 spiro atoms.